The summed E-state index contributed by atoms with van der Waals surface area (Å²) in [6.45, 7) is 7.36. The van der Waals surface area contributed by atoms with E-state index in [9.17, 15) is 0 Å². The van der Waals surface area contributed by atoms with Crippen molar-refractivity contribution in [2.75, 3.05) is 0 Å². The maximum atomic E-state index is 6.74. The van der Waals surface area contributed by atoms with Crippen molar-refractivity contribution in [3.05, 3.63) is 126 Å². The highest BCUT2D eigenvalue weighted by molar-refractivity contribution is 5.80. The van der Waals surface area contributed by atoms with Crippen LogP contribution in [0.4, 0.5) is 0 Å². The Balaban J connectivity index is 1.37. The smallest absolute Gasteiger partial charge is 0.314 e. The number of para-hydroxylation sites is 2. The fourth-order valence-corrected chi connectivity index (χ4v) is 5.82. The van der Waals surface area contributed by atoms with Gasteiger partial charge in [-0.2, -0.15) is 0 Å². The largest absolute Gasteiger partial charge is 0.445 e. The number of nitrogens with one attached hydrogen (secondary N) is 1. The molecule has 0 amide bonds. The molecule has 2 aromatic heterocycles. The molecule has 9 heteroatoms. The van der Waals surface area contributed by atoms with Gasteiger partial charge in [-0.1, -0.05) is 119 Å². The zero-order valence-corrected chi connectivity index (χ0v) is 27.2. The molecule has 47 heavy (non-hydrogen) atoms. The van der Waals surface area contributed by atoms with E-state index in [1.165, 1.54) is 0 Å². The number of nitrogens with zero attached hydrogens (tertiary/aromatic N) is 6. The lowest BCUT2D eigenvalue weighted by Crippen LogP contribution is -2.41. The van der Waals surface area contributed by atoms with Gasteiger partial charge in [0.25, 0.3) is 0 Å². The number of aromatic nitrogens is 7. The first-order valence-corrected chi connectivity index (χ1v) is 16.5. The first-order chi connectivity index (χ1) is 23.1. The van der Waals surface area contributed by atoms with Gasteiger partial charge in [-0.25, -0.2) is 14.8 Å². The molecule has 1 N–H and O–H groups in total. The van der Waals surface area contributed by atoms with Gasteiger partial charge >= 0.3 is 5.79 Å². The average molecular weight is 628 g/mol. The Kier molecular flexibility index (Phi) is 10.0. The molecule has 0 fully saturated rings. The van der Waals surface area contributed by atoms with Crippen LogP contribution in [0.1, 0.15) is 63.7 Å². The average Bonchev–Trinajstić information content (AvgIpc) is 3.80. The van der Waals surface area contributed by atoms with Gasteiger partial charge in [0.05, 0.1) is 0 Å². The molecule has 0 saturated heterocycles. The standard InChI is InChI=1S/C38H41N7O2/c1-4-25-38(46-31-15-9-7-10-16-31,47-32-17-11-8-12-18-32)37-39-35(45(42-37)27-28(5-2)6-3)26-29-21-23-30(24-22-29)33-19-13-14-20-34(33)36-40-43-44-41-36/h7-24,28H,4-6,25-27H2,1-3H3,(H,40,41,43,44). The van der Waals surface area contributed by atoms with E-state index in [0.717, 1.165) is 53.9 Å². The number of hydrogen-bond acceptors (Lipinski definition) is 7. The monoisotopic (exact) mass is 627 g/mol. The third kappa shape index (κ3) is 7.41. The molecule has 0 saturated carbocycles. The Bertz CT molecular complexity index is 1780. The Morgan fingerprint density at radius 1 is 0.745 bits per heavy atom. The predicted molar refractivity (Wildman–Crippen MR) is 183 cm³/mol. The van der Waals surface area contributed by atoms with Gasteiger partial charge in [0.1, 0.15) is 17.3 Å². The minimum Gasteiger partial charge on any atom is -0.445 e. The maximum Gasteiger partial charge on any atom is 0.314 e. The summed E-state index contributed by atoms with van der Waals surface area (Å²) in [5, 5.41) is 19.7. The lowest BCUT2D eigenvalue weighted by atomic mass is 9.97. The van der Waals surface area contributed by atoms with E-state index in [2.05, 4.69) is 76.4 Å². The summed E-state index contributed by atoms with van der Waals surface area (Å²) in [6, 6.07) is 36.3. The lowest BCUT2D eigenvalue weighted by molar-refractivity contribution is -0.135. The Morgan fingerprint density at radius 2 is 1.36 bits per heavy atom. The van der Waals surface area contributed by atoms with Crippen molar-refractivity contribution in [3.63, 3.8) is 0 Å². The fourth-order valence-electron chi connectivity index (χ4n) is 5.82. The summed E-state index contributed by atoms with van der Waals surface area (Å²) in [6.07, 6.45) is 4.10. The van der Waals surface area contributed by atoms with Gasteiger partial charge in [-0.15, -0.1) is 10.2 Å². The summed E-state index contributed by atoms with van der Waals surface area (Å²) in [4.78, 5) is 5.21. The van der Waals surface area contributed by atoms with Crippen LogP contribution in [0.25, 0.3) is 22.5 Å². The second-order valence-electron chi connectivity index (χ2n) is 11.7. The van der Waals surface area contributed by atoms with Crippen LogP contribution in [0.2, 0.25) is 0 Å². The fraction of sp³-hybridized carbons (Fsp3) is 0.289. The molecule has 0 aliphatic heterocycles. The van der Waals surface area contributed by atoms with E-state index in [-0.39, 0.29) is 0 Å². The molecular formula is C38H41N7O2. The third-order valence-corrected chi connectivity index (χ3v) is 8.46. The molecule has 0 radical (unpaired) electrons. The number of benzene rings is 4. The van der Waals surface area contributed by atoms with Crippen LogP contribution in [0.15, 0.2) is 109 Å². The molecule has 0 bridgehead atoms. The number of H-pyrrole nitrogens is 1. The van der Waals surface area contributed by atoms with Crippen molar-refractivity contribution in [3.8, 4) is 34.0 Å². The Labute approximate surface area is 276 Å². The second kappa shape index (κ2) is 14.9. The van der Waals surface area contributed by atoms with E-state index in [1.54, 1.807) is 0 Å². The number of aromatic amines is 1. The van der Waals surface area contributed by atoms with Crippen LogP contribution in [0, 0.1) is 5.92 Å². The van der Waals surface area contributed by atoms with Crippen molar-refractivity contribution in [1.82, 2.24) is 35.4 Å². The van der Waals surface area contributed by atoms with E-state index in [4.69, 9.17) is 19.6 Å². The first kappa shape index (κ1) is 31.7. The highest BCUT2D eigenvalue weighted by Crippen LogP contribution is 2.35. The summed E-state index contributed by atoms with van der Waals surface area (Å²) in [5.41, 5.74) is 4.21. The van der Waals surface area contributed by atoms with Crippen LogP contribution in [-0.4, -0.2) is 35.4 Å². The quantitative estimate of drug-likeness (QED) is 0.114. The first-order valence-electron chi connectivity index (χ1n) is 16.5. The van der Waals surface area contributed by atoms with Crippen LogP contribution >= 0.6 is 0 Å². The zero-order valence-electron chi connectivity index (χ0n) is 27.2. The van der Waals surface area contributed by atoms with Gasteiger partial charge < -0.3 is 9.47 Å². The molecule has 9 nitrogen and oxygen atoms in total. The van der Waals surface area contributed by atoms with Crippen molar-refractivity contribution in [1.29, 1.82) is 0 Å². The number of hydrogen-bond donors (Lipinski definition) is 1. The Morgan fingerprint density at radius 3 is 1.94 bits per heavy atom. The van der Waals surface area contributed by atoms with Crippen molar-refractivity contribution < 1.29 is 9.47 Å². The van der Waals surface area contributed by atoms with Crippen LogP contribution in [-0.2, 0) is 18.8 Å². The summed E-state index contributed by atoms with van der Waals surface area (Å²) < 4.78 is 15.5. The summed E-state index contributed by atoms with van der Waals surface area (Å²) in [5.74, 6) is 2.70. The van der Waals surface area contributed by atoms with Crippen LogP contribution in [0.3, 0.4) is 0 Å². The molecule has 6 rings (SSSR count). The highest BCUT2D eigenvalue weighted by atomic mass is 16.7. The van der Waals surface area contributed by atoms with Crippen molar-refractivity contribution in [2.45, 2.75) is 65.2 Å². The molecule has 2 heterocycles. The number of tetrazole rings is 1. The van der Waals surface area contributed by atoms with Crippen molar-refractivity contribution in [2.24, 2.45) is 5.92 Å². The molecule has 0 spiro atoms. The molecule has 240 valence electrons. The van der Waals surface area contributed by atoms with E-state index in [1.807, 2.05) is 78.9 Å². The maximum absolute atomic E-state index is 6.74. The van der Waals surface area contributed by atoms with Gasteiger partial charge in [-0.05, 0) is 63.7 Å². The molecule has 6 aromatic rings. The van der Waals surface area contributed by atoms with Crippen LogP contribution in [0.5, 0.6) is 11.5 Å². The highest BCUT2D eigenvalue weighted by Gasteiger charge is 2.42. The third-order valence-electron chi connectivity index (χ3n) is 8.46. The molecule has 4 aromatic carbocycles. The van der Waals surface area contributed by atoms with Crippen molar-refractivity contribution >= 4 is 0 Å². The SMILES string of the molecule is CCCC(Oc1ccccc1)(Oc1ccccc1)c1nc(Cc2ccc(-c3ccccc3-c3nnn[nH]3)cc2)n(CC(CC)CC)n1. The van der Waals surface area contributed by atoms with E-state index in [0.29, 0.717) is 41.9 Å². The van der Waals surface area contributed by atoms with Gasteiger partial charge in [0.15, 0.2) is 5.82 Å². The molecule has 0 atom stereocenters. The topological polar surface area (TPSA) is 104 Å². The number of rotatable bonds is 15. The van der Waals surface area contributed by atoms with E-state index >= 15 is 0 Å². The molecule has 0 aliphatic rings. The molecule has 0 unspecified atom stereocenters. The Hall–Kier alpha value is -5.31. The molecule has 0 aliphatic carbocycles. The zero-order chi connectivity index (χ0) is 32.5. The molecular weight excluding hydrogens is 586 g/mol. The van der Waals surface area contributed by atoms with E-state index < -0.39 is 5.79 Å². The van der Waals surface area contributed by atoms with Gasteiger partial charge in [-0.3, -0.25) is 0 Å². The van der Waals surface area contributed by atoms with Gasteiger partial charge in [0, 0.05) is 24.9 Å². The predicted octanol–water partition coefficient (Wildman–Crippen LogP) is 8.26. The second-order valence-corrected chi connectivity index (χ2v) is 11.7. The van der Waals surface area contributed by atoms with Gasteiger partial charge in [0.2, 0.25) is 5.82 Å². The minimum absolute atomic E-state index is 0.471. The van der Waals surface area contributed by atoms with Crippen LogP contribution < -0.4 is 9.47 Å². The minimum atomic E-state index is -1.21. The normalized spacial score (nSPS) is 11.6. The summed E-state index contributed by atoms with van der Waals surface area (Å²) in [7, 11) is 0. The summed E-state index contributed by atoms with van der Waals surface area (Å²) >= 11 is 0. The number of ether oxygens (including phenoxy) is 2. The lowest BCUT2D eigenvalue weighted by Gasteiger charge is -2.32.